The van der Waals surface area contributed by atoms with E-state index in [4.69, 9.17) is 36.0 Å². The van der Waals surface area contributed by atoms with Gasteiger partial charge in [-0.2, -0.15) is 10.2 Å². The number of rotatable bonds is 6. The number of halogens is 1. The van der Waals surface area contributed by atoms with Gasteiger partial charge in [0, 0.05) is 67.0 Å². The van der Waals surface area contributed by atoms with E-state index in [1.54, 1.807) is 0 Å². The number of benzene rings is 1. The summed E-state index contributed by atoms with van der Waals surface area (Å²) in [4.78, 5) is 32.4. The minimum absolute atomic E-state index is 0.0932. The molecule has 2 spiro atoms. The molecule has 1 amide bonds. The molecule has 2 saturated carbocycles. The minimum atomic E-state index is -0.737. The molecule has 5 heterocycles. The van der Waals surface area contributed by atoms with Crippen LogP contribution in [0.5, 0.6) is 0 Å². The predicted octanol–water partition coefficient (Wildman–Crippen LogP) is 7.44. The number of aryl methyl sites for hydroxylation is 1. The Hall–Kier alpha value is -3.35. The van der Waals surface area contributed by atoms with Crippen LogP contribution in [0, 0.1) is 19.3 Å². The molecule has 3 saturated heterocycles. The number of ether oxygens (including phenoxy) is 3. The molecule has 3 aromatic rings. The molecular formula is C40H56ClN7O5. The molecule has 0 bridgehead atoms. The Morgan fingerprint density at radius 2 is 1.72 bits per heavy atom. The van der Waals surface area contributed by atoms with Gasteiger partial charge in [-0.1, -0.05) is 11.6 Å². The summed E-state index contributed by atoms with van der Waals surface area (Å²) in [5.74, 6) is 0.743. The van der Waals surface area contributed by atoms with Crippen LogP contribution in [-0.4, -0.2) is 105 Å². The monoisotopic (exact) mass is 749 g/mol. The van der Waals surface area contributed by atoms with E-state index in [1.165, 1.54) is 7.11 Å². The van der Waals surface area contributed by atoms with Crippen LogP contribution >= 0.6 is 11.6 Å². The minimum Gasteiger partial charge on any atom is -0.468 e. The first-order valence-corrected chi connectivity index (χ1v) is 19.9. The molecule has 3 aliphatic heterocycles. The Balaban J connectivity index is 1.19. The zero-order valence-electron chi connectivity index (χ0n) is 32.8. The van der Waals surface area contributed by atoms with Gasteiger partial charge in [0.25, 0.3) is 0 Å². The maximum Gasteiger partial charge on any atom is 0.410 e. The van der Waals surface area contributed by atoms with Crippen molar-refractivity contribution in [2.24, 2.45) is 5.41 Å². The fourth-order valence-corrected chi connectivity index (χ4v) is 10.0. The van der Waals surface area contributed by atoms with Crippen LogP contribution in [0.1, 0.15) is 110 Å². The zero-order valence-corrected chi connectivity index (χ0v) is 33.5. The van der Waals surface area contributed by atoms with E-state index in [9.17, 15) is 9.59 Å². The van der Waals surface area contributed by atoms with Crippen LogP contribution in [0.4, 0.5) is 10.6 Å². The van der Waals surface area contributed by atoms with Crippen LogP contribution in [0.15, 0.2) is 12.3 Å². The van der Waals surface area contributed by atoms with Crippen LogP contribution in [0.3, 0.4) is 0 Å². The summed E-state index contributed by atoms with van der Waals surface area (Å²) in [6.45, 7) is 18.3. The van der Waals surface area contributed by atoms with Crippen LogP contribution in [0.25, 0.3) is 22.0 Å². The number of likely N-dealkylation sites (tertiary alicyclic amines) is 1. The van der Waals surface area contributed by atoms with Crippen molar-refractivity contribution in [3.05, 3.63) is 28.5 Å². The quantitative estimate of drug-likeness (QED) is 0.238. The summed E-state index contributed by atoms with van der Waals surface area (Å²) < 4.78 is 21.4. The van der Waals surface area contributed by atoms with Gasteiger partial charge in [0.2, 0.25) is 0 Å². The average molecular weight is 750 g/mol. The maximum atomic E-state index is 13.0. The summed E-state index contributed by atoms with van der Waals surface area (Å²) in [5, 5.41) is 12.2. The smallest absolute Gasteiger partial charge is 0.410 e. The first-order valence-electron chi connectivity index (χ1n) is 19.5. The van der Waals surface area contributed by atoms with Crippen molar-refractivity contribution in [1.82, 2.24) is 29.4 Å². The number of nitrogens with zero attached hydrogens (tertiary/aromatic N) is 7. The van der Waals surface area contributed by atoms with Crippen molar-refractivity contribution in [2.75, 3.05) is 51.3 Å². The fraction of sp³-hybridized carbons (Fsp3) is 0.700. The van der Waals surface area contributed by atoms with Gasteiger partial charge in [0.15, 0.2) is 12.0 Å². The van der Waals surface area contributed by atoms with Gasteiger partial charge in [-0.15, -0.1) is 0 Å². The van der Waals surface area contributed by atoms with Gasteiger partial charge in [-0.05, 0) is 111 Å². The molecule has 0 radical (unpaired) electrons. The predicted molar refractivity (Wildman–Crippen MR) is 204 cm³/mol. The van der Waals surface area contributed by atoms with Gasteiger partial charge < -0.3 is 24.0 Å². The van der Waals surface area contributed by atoms with E-state index in [-0.39, 0.29) is 35.3 Å². The molecule has 8 rings (SSSR count). The molecular weight excluding hydrogens is 694 g/mol. The number of carbonyl (C=O) groups excluding carboxylic acids is 2. The van der Waals surface area contributed by atoms with Gasteiger partial charge >= 0.3 is 12.1 Å². The van der Waals surface area contributed by atoms with E-state index < -0.39 is 11.1 Å². The van der Waals surface area contributed by atoms with Crippen molar-refractivity contribution in [2.45, 2.75) is 129 Å². The third-order valence-corrected chi connectivity index (χ3v) is 13.4. The number of hydrogen-bond donors (Lipinski definition) is 0. The number of amides is 1. The van der Waals surface area contributed by atoms with Crippen molar-refractivity contribution in [1.29, 1.82) is 0 Å². The standard InChI is InChI=1S/C40H56ClN7O5/c1-25-18-29-28(21-42-48(29)30-12-9-10-17-52-30)32(33(25)41)31-26(2)47(27-19-39(20-27)22-44(23-39)36(50)53-37(3,4)5)43-34(31)46-16-15-45(24-40(46)13-11-14-40)38(6,7)35(49)51-8/h18,21,27,30H,9-17,19-20,22-24H2,1-8H3. The molecule has 288 valence electrons. The van der Waals surface area contributed by atoms with E-state index in [2.05, 4.69) is 34.4 Å². The van der Waals surface area contributed by atoms with E-state index in [0.717, 1.165) is 115 Å². The Morgan fingerprint density at radius 3 is 2.34 bits per heavy atom. The summed E-state index contributed by atoms with van der Waals surface area (Å²) in [7, 11) is 1.47. The summed E-state index contributed by atoms with van der Waals surface area (Å²) in [6, 6.07) is 2.35. The summed E-state index contributed by atoms with van der Waals surface area (Å²) >= 11 is 7.41. The second kappa shape index (κ2) is 12.9. The third-order valence-electron chi connectivity index (χ3n) is 12.9. The second-order valence-electron chi connectivity index (χ2n) is 18.1. The normalized spacial score (nSPS) is 23.2. The van der Waals surface area contributed by atoms with Crippen molar-refractivity contribution >= 4 is 40.4 Å². The van der Waals surface area contributed by atoms with Crippen molar-refractivity contribution < 1.29 is 23.8 Å². The Labute approximate surface area is 318 Å². The number of esters is 1. The Morgan fingerprint density at radius 1 is 0.981 bits per heavy atom. The van der Waals surface area contributed by atoms with E-state index in [0.29, 0.717) is 19.6 Å². The first-order chi connectivity index (χ1) is 25.1. The van der Waals surface area contributed by atoms with Crippen LogP contribution in [0.2, 0.25) is 5.02 Å². The highest BCUT2D eigenvalue weighted by Crippen LogP contribution is 2.57. The lowest BCUT2D eigenvalue weighted by atomic mass is 9.61. The molecule has 53 heavy (non-hydrogen) atoms. The molecule has 5 fully saturated rings. The van der Waals surface area contributed by atoms with E-state index >= 15 is 0 Å². The summed E-state index contributed by atoms with van der Waals surface area (Å²) in [6.07, 6.45) is 9.81. The highest BCUT2D eigenvalue weighted by atomic mass is 35.5. The number of piperazine rings is 1. The molecule has 0 N–H and O–H groups in total. The number of methoxy groups -OCH3 is 1. The van der Waals surface area contributed by atoms with Gasteiger partial charge in [-0.3, -0.25) is 14.4 Å². The Bertz CT molecular complexity index is 1920. The Kier molecular flexibility index (Phi) is 8.89. The highest BCUT2D eigenvalue weighted by molar-refractivity contribution is 6.36. The van der Waals surface area contributed by atoms with Crippen LogP contribution in [-0.2, 0) is 19.0 Å². The number of hydrogen-bond acceptors (Lipinski definition) is 9. The van der Waals surface area contributed by atoms with Gasteiger partial charge in [-0.25, -0.2) is 9.48 Å². The second-order valence-corrected chi connectivity index (χ2v) is 18.4. The molecule has 2 aliphatic carbocycles. The SMILES string of the molecule is COC(=O)C(C)(C)N1CCN(c2nn(C3CC4(C3)CN(C(=O)OC(C)(C)C)C4)c(C)c2-c2c(Cl)c(C)cc3c2cnn3C2CCCCO2)C2(CCC2)C1. The van der Waals surface area contributed by atoms with E-state index in [1.807, 2.05) is 50.4 Å². The molecule has 13 heteroatoms. The molecule has 5 aliphatic rings. The number of fused-ring (bicyclic) bond motifs is 1. The lowest BCUT2D eigenvalue weighted by Crippen LogP contribution is -2.70. The van der Waals surface area contributed by atoms with Gasteiger partial charge in [0.1, 0.15) is 11.1 Å². The first kappa shape index (κ1) is 36.6. The fourth-order valence-electron chi connectivity index (χ4n) is 9.79. The highest BCUT2D eigenvalue weighted by Gasteiger charge is 2.56. The molecule has 1 aromatic carbocycles. The summed E-state index contributed by atoms with van der Waals surface area (Å²) in [5.41, 5.74) is 3.82. The topological polar surface area (TPSA) is 107 Å². The van der Waals surface area contributed by atoms with Gasteiger partial charge in [0.05, 0.1) is 35.4 Å². The lowest BCUT2D eigenvalue weighted by molar-refractivity contribution is -0.154. The molecule has 2 aromatic heterocycles. The molecule has 1 unspecified atom stereocenters. The lowest BCUT2D eigenvalue weighted by Gasteiger charge is -2.59. The van der Waals surface area contributed by atoms with Crippen LogP contribution < -0.4 is 4.90 Å². The van der Waals surface area contributed by atoms with Crippen molar-refractivity contribution in [3.63, 3.8) is 0 Å². The number of anilines is 1. The molecule has 12 nitrogen and oxygen atoms in total. The number of carbonyl (C=O) groups is 2. The zero-order chi connectivity index (χ0) is 37.7. The number of aromatic nitrogens is 4. The molecule has 1 atom stereocenters. The third kappa shape index (κ3) is 6.02. The average Bonchev–Trinajstić information content (AvgIpc) is 3.62. The van der Waals surface area contributed by atoms with Crippen molar-refractivity contribution in [3.8, 4) is 11.1 Å². The maximum absolute atomic E-state index is 13.0. The largest absolute Gasteiger partial charge is 0.468 e.